The third-order valence-corrected chi connectivity index (χ3v) is 7.50. The summed E-state index contributed by atoms with van der Waals surface area (Å²) in [6, 6.07) is 2.33. The van der Waals surface area contributed by atoms with Crippen molar-refractivity contribution >= 4 is 23.1 Å². The number of rotatable bonds is 4. The predicted octanol–water partition coefficient (Wildman–Crippen LogP) is 4.68. The fraction of sp³-hybridized carbons (Fsp3) is 0.579. The minimum Gasteiger partial charge on any atom is -0.338 e. The fourth-order valence-electron chi connectivity index (χ4n) is 3.55. The Balaban J connectivity index is 1.52. The molecule has 0 saturated heterocycles. The molecule has 144 valence electrons. The first-order valence-corrected chi connectivity index (χ1v) is 11.0. The molecule has 0 aliphatic heterocycles. The summed E-state index contributed by atoms with van der Waals surface area (Å²) in [5, 5.41) is 13.5. The lowest BCUT2D eigenvalue weighted by atomic mass is 9.72. The summed E-state index contributed by atoms with van der Waals surface area (Å²) in [6.45, 7) is 8.88. The molecule has 8 heteroatoms. The van der Waals surface area contributed by atoms with E-state index in [9.17, 15) is 0 Å². The van der Waals surface area contributed by atoms with Crippen LogP contribution in [0.1, 0.15) is 49.3 Å². The van der Waals surface area contributed by atoms with Crippen LogP contribution in [-0.2, 0) is 25.6 Å². The minimum absolute atomic E-state index is 0.363. The van der Waals surface area contributed by atoms with E-state index < -0.39 is 0 Å². The number of aromatic nitrogens is 5. The highest BCUT2D eigenvalue weighted by Gasteiger charge is 2.30. The number of thioether (sulfide) groups is 1. The molecule has 0 radical (unpaired) electrons. The van der Waals surface area contributed by atoms with Gasteiger partial charge in [0.25, 0.3) is 0 Å². The number of thiophene rings is 1. The Bertz CT molecular complexity index is 950. The van der Waals surface area contributed by atoms with Crippen molar-refractivity contribution in [2.75, 3.05) is 0 Å². The van der Waals surface area contributed by atoms with Crippen molar-refractivity contribution in [1.29, 1.82) is 0 Å². The van der Waals surface area contributed by atoms with Crippen molar-refractivity contribution in [3.63, 3.8) is 0 Å². The van der Waals surface area contributed by atoms with Gasteiger partial charge in [0.05, 0.1) is 10.6 Å². The van der Waals surface area contributed by atoms with Gasteiger partial charge in [-0.05, 0) is 49.1 Å². The van der Waals surface area contributed by atoms with Gasteiger partial charge in [-0.25, -0.2) is 0 Å². The van der Waals surface area contributed by atoms with E-state index in [4.69, 9.17) is 4.52 Å². The van der Waals surface area contributed by atoms with Crippen molar-refractivity contribution in [3.8, 4) is 10.7 Å². The Morgan fingerprint density at radius 2 is 2.15 bits per heavy atom. The van der Waals surface area contributed by atoms with Gasteiger partial charge >= 0.3 is 0 Å². The highest BCUT2D eigenvalue weighted by molar-refractivity contribution is 7.98. The molecule has 0 spiro atoms. The number of aryl methyl sites for hydroxylation is 2. The molecule has 1 aliphatic carbocycles. The largest absolute Gasteiger partial charge is 0.338 e. The third kappa shape index (κ3) is 3.82. The summed E-state index contributed by atoms with van der Waals surface area (Å²) >= 11 is 3.44. The van der Waals surface area contributed by atoms with Crippen LogP contribution < -0.4 is 0 Å². The summed E-state index contributed by atoms with van der Waals surface area (Å²) in [5.74, 6) is 3.55. The maximum Gasteiger partial charge on any atom is 0.237 e. The molecule has 0 saturated carbocycles. The second-order valence-corrected chi connectivity index (χ2v) is 10.3. The Morgan fingerprint density at radius 3 is 2.85 bits per heavy atom. The van der Waals surface area contributed by atoms with E-state index in [2.05, 4.69) is 51.7 Å². The number of fused-ring (bicyclic) bond motifs is 1. The second kappa shape index (κ2) is 7.05. The molecular weight excluding hydrogens is 378 g/mol. The van der Waals surface area contributed by atoms with Crippen LogP contribution in [0.5, 0.6) is 0 Å². The molecule has 0 amide bonds. The summed E-state index contributed by atoms with van der Waals surface area (Å²) in [4.78, 5) is 6.97. The van der Waals surface area contributed by atoms with Gasteiger partial charge in [0.2, 0.25) is 5.89 Å². The standard InChI is InChI=1S/C19H25N5OS2/c1-11-20-16(25-23-11)10-26-18-22-21-17(24(18)5)15-9-12-8-13(19(2,3)4)6-7-14(12)27-15/h9,13H,6-8,10H2,1-5H3/t13-/m1/s1. The van der Waals surface area contributed by atoms with E-state index in [1.54, 1.807) is 11.8 Å². The third-order valence-electron chi connectivity index (χ3n) is 5.26. The molecule has 0 unspecified atom stereocenters. The average molecular weight is 404 g/mol. The van der Waals surface area contributed by atoms with Gasteiger partial charge < -0.3 is 9.09 Å². The Morgan fingerprint density at radius 1 is 1.33 bits per heavy atom. The van der Waals surface area contributed by atoms with Crippen LogP contribution in [0.15, 0.2) is 15.7 Å². The zero-order valence-electron chi connectivity index (χ0n) is 16.4. The summed E-state index contributed by atoms with van der Waals surface area (Å²) < 4.78 is 7.23. The fourth-order valence-corrected chi connectivity index (χ4v) is 5.53. The predicted molar refractivity (Wildman–Crippen MR) is 108 cm³/mol. The van der Waals surface area contributed by atoms with Gasteiger partial charge in [0.1, 0.15) is 0 Å². The van der Waals surface area contributed by atoms with Gasteiger partial charge in [-0.3, -0.25) is 0 Å². The van der Waals surface area contributed by atoms with Crippen LogP contribution in [0.25, 0.3) is 10.7 Å². The topological polar surface area (TPSA) is 69.6 Å². The van der Waals surface area contributed by atoms with Crippen molar-refractivity contribution in [2.24, 2.45) is 18.4 Å². The molecule has 3 heterocycles. The number of hydrogen-bond acceptors (Lipinski definition) is 7. The summed E-state index contributed by atoms with van der Waals surface area (Å²) in [5.41, 5.74) is 1.86. The van der Waals surface area contributed by atoms with Gasteiger partial charge in [0, 0.05) is 11.9 Å². The van der Waals surface area contributed by atoms with Gasteiger partial charge in [-0.2, -0.15) is 4.98 Å². The molecule has 27 heavy (non-hydrogen) atoms. The first-order valence-electron chi connectivity index (χ1n) is 9.24. The first kappa shape index (κ1) is 18.7. The van der Waals surface area contributed by atoms with E-state index >= 15 is 0 Å². The van der Waals surface area contributed by atoms with Crippen molar-refractivity contribution < 1.29 is 4.52 Å². The molecular formula is C19H25N5OS2. The van der Waals surface area contributed by atoms with E-state index in [0.717, 1.165) is 16.9 Å². The molecule has 1 atom stereocenters. The average Bonchev–Trinajstić information content (AvgIpc) is 3.29. The van der Waals surface area contributed by atoms with Gasteiger partial charge in [0.15, 0.2) is 16.8 Å². The molecule has 0 N–H and O–H groups in total. The molecule has 3 aromatic heterocycles. The zero-order valence-corrected chi connectivity index (χ0v) is 18.1. The maximum atomic E-state index is 5.17. The maximum absolute atomic E-state index is 5.17. The van der Waals surface area contributed by atoms with Crippen LogP contribution in [0.3, 0.4) is 0 Å². The molecule has 0 bridgehead atoms. The van der Waals surface area contributed by atoms with Crippen LogP contribution in [-0.4, -0.2) is 24.9 Å². The monoisotopic (exact) mass is 403 g/mol. The molecule has 1 aliphatic rings. The molecule has 3 aromatic rings. The lowest BCUT2D eigenvalue weighted by Gasteiger charge is -2.33. The Kier molecular flexibility index (Phi) is 4.88. The van der Waals surface area contributed by atoms with E-state index in [-0.39, 0.29) is 0 Å². The molecule has 0 aromatic carbocycles. The minimum atomic E-state index is 0.363. The summed E-state index contributed by atoms with van der Waals surface area (Å²) in [6.07, 6.45) is 3.63. The first-order chi connectivity index (χ1) is 12.8. The van der Waals surface area contributed by atoms with Crippen LogP contribution in [0.4, 0.5) is 0 Å². The highest BCUT2D eigenvalue weighted by atomic mass is 32.2. The van der Waals surface area contributed by atoms with Crippen molar-refractivity contribution in [1.82, 2.24) is 24.9 Å². The smallest absolute Gasteiger partial charge is 0.237 e. The quantitative estimate of drug-likeness (QED) is 0.589. The van der Waals surface area contributed by atoms with E-state index in [1.165, 1.54) is 34.6 Å². The van der Waals surface area contributed by atoms with Crippen molar-refractivity contribution in [3.05, 3.63) is 28.2 Å². The van der Waals surface area contributed by atoms with Crippen molar-refractivity contribution in [2.45, 2.75) is 57.9 Å². The summed E-state index contributed by atoms with van der Waals surface area (Å²) in [7, 11) is 2.02. The second-order valence-electron chi connectivity index (χ2n) is 8.25. The number of hydrogen-bond donors (Lipinski definition) is 0. The van der Waals surface area contributed by atoms with E-state index in [1.807, 2.05) is 25.3 Å². The SMILES string of the molecule is Cc1noc(CSc2nnc(-c3cc4c(s3)CC[C@@H](C(C)(C)C)C4)n2C)n1. The Hall–Kier alpha value is -1.67. The van der Waals surface area contributed by atoms with Gasteiger partial charge in [-0.15, -0.1) is 21.5 Å². The highest BCUT2D eigenvalue weighted by Crippen LogP contribution is 2.42. The molecule has 0 fully saturated rings. The molecule has 4 rings (SSSR count). The molecule has 6 nitrogen and oxygen atoms in total. The zero-order chi connectivity index (χ0) is 19.2. The number of nitrogens with zero attached hydrogens (tertiary/aromatic N) is 5. The lowest BCUT2D eigenvalue weighted by molar-refractivity contribution is 0.217. The van der Waals surface area contributed by atoms with E-state index in [0.29, 0.717) is 22.9 Å². The van der Waals surface area contributed by atoms with Crippen LogP contribution in [0.2, 0.25) is 0 Å². The van der Waals surface area contributed by atoms with Crippen LogP contribution >= 0.6 is 23.1 Å². The Labute approximate surface area is 167 Å². The van der Waals surface area contributed by atoms with Gasteiger partial charge in [-0.1, -0.05) is 37.7 Å². The van der Waals surface area contributed by atoms with Crippen LogP contribution in [0, 0.1) is 18.3 Å². The lowest BCUT2D eigenvalue weighted by Crippen LogP contribution is -2.26. The normalized spacial score (nSPS) is 17.3.